The van der Waals surface area contributed by atoms with Crippen molar-refractivity contribution < 1.29 is 19.1 Å². The Morgan fingerprint density at radius 1 is 1.19 bits per heavy atom. The fraction of sp³-hybridized carbons (Fsp3) is 0.500. The van der Waals surface area contributed by atoms with Gasteiger partial charge in [-0.05, 0) is 60.3 Å². The second-order valence-corrected chi connectivity index (χ2v) is 11.6. The lowest BCUT2D eigenvalue weighted by molar-refractivity contribution is -0.139. The molecule has 1 aliphatic carbocycles. The number of ether oxygens (including phenoxy) is 1. The smallest absolute Gasteiger partial charge is 0.249 e. The first-order chi connectivity index (χ1) is 17.2. The maximum absolute atomic E-state index is 14.5. The quantitative estimate of drug-likeness (QED) is 0.615. The molecule has 2 aromatic rings. The van der Waals surface area contributed by atoms with E-state index >= 15 is 0 Å². The SMILES string of the molecule is CC1(C)CCC([C@H](C(=O)N2C[C@H](Cl)[C@H]3OCC(=O)[C@H]32)c2c(C(N)=O)cccc2-c2cccnc2)CC1. The third-order valence-electron chi connectivity index (χ3n) is 8.18. The zero-order chi connectivity index (χ0) is 25.6. The number of fused-ring (bicyclic) bond motifs is 1. The summed E-state index contributed by atoms with van der Waals surface area (Å²) in [5, 5.41) is -0.458. The minimum Gasteiger partial charge on any atom is -0.366 e. The lowest BCUT2D eigenvalue weighted by Gasteiger charge is -2.40. The van der Waals surface area contributed by atoms with E-state index in [1.165, 1.54) is 0 Å². The van der Waals surface area contributed by atoms with E-state index in [0.29, 0.717) is 11.1 Å². The molecule has 190 valence electrons. The number of rotatable bonds is 5. The fourth-order valence-electron chi connectivity index (χ4n) is 6.21. The number of Topliss-reactive ketones (excluding diaryl/α,β-unsaturated/α-hetero) is 1. The summed E-state index contributed by atoms with van der Waals surface area (Å²) >= 11 is 6.55. The highest BCUT2D eigenvalue weighted by atomic mass is 35.5. The van der Waals surface area contributed by atoms with Crippen LogP contribution in [0.1, 0.15) is 61.4 Å². The number of hydrogen-bond donors (Lipinski definition) is 1. The van der Waals surface area contributed by atoms with E-state index in [-0.39, 0.29) is 36.2 Å². The van der Waals surface area contributed by atoms with Gasteiger partial charge in [-0.25, -0.2) is 0 Å². The molecular weight excluding hydrogens is 478 g/mol. The van der Waals surface area contributed by atoms with E-state index in [0.717, 1.165) is 36.8 Å². The topological polar surface area (TPSA) is 103 Å². The van der Waals surface area contributed by atoms with Gasteiger partial charge in [0.15, 0.2) is 5.78 Å². The Morgan fingerprint density at radius 3 is 2.61 bits per heavy atom. The average Bonchev–Trinajstić information content (AvgIpc) is 3.41. The van der Waals surface area contributed by atoms with Crippen LogP contribution in [0.25, 0.3) is 11.1 Å². The van der Waals surface area contributed by atoms with Crippen molar-refractivity contribution in [1.82, 2.24) is 9.88 Å². The molecule has 5 rings (SSSR count). The van der Waals surface area contributed by atoms with Gasteiger partial charge in [0.25, 0.3) is 0 Å². The van der Waals surface area contributed by atoms with Gasteiger partial charge in [0.05, 0.1) is 11.3 Å². The van der Waals surface area contributed by atoms with Crippen molar-refractivity contribution in [1.29, 1.82) is 0 Å². The van der Waals surface area contributed by atoms with Crippen LogP contribution in [-0.2, 0) is 14.3 Å². The second kappa shape index (κ2) is 9.60. The predicted octanol–water partition coefficient (Wildman–Crippen LogP) is 3.93. The number of carbonyl (C=O) groups excluding carboxylic acids is 3. The molecule has 2 aliphatic heterocycles. The number of amides is 2. The van der Waals surface area contributed by atoms with Crippen molar-refractivity contribution >= 4 is 29.2 Å². The van der Waals surface area contributed by atoms with Crippen LogP contribution >= 0.6 is 11.6 Å². The van der Waals surface area contributed by atoms with Crippen LogP contribution in [0.2, 0.25) is 0 Å². The van der Waals surface area contributed by atoms with Gasteiger partial charge < -0.3 is 15.4 Å². The van der Waals surface area contributed by atoms with Crippen molar-refractivity contribution in [2.75, 3.05) is 13.2 Å². The minimum atomic E-state index is -0.690. The predicted molar refractivity (Wildman–Crippen MR) is 137 cm³/mol. The molecule has 1 aromatic carbocycles. The summed E-state index contributed by atoms with van der Waals surface area (Å²) in [5.41, 5.74) is 8.58. The number of primary amides is 1. The van der Waals surface area contributed by atoms with Crippen molar-refractivity contribution in [3.8, 4) is 11.1 Å². The van der Waals surface area contributed by atoms with Gasteiger partial charge in [-0.2, -0.15) is 0 Å². The summed E-state index contributed by atoms with van der Waals surface area (Å²) in [6, 6.07) is 8.43. The zero-order valence-corrected chi connectivity index (χ0v) is 21.4. The molecule has 0 unspecified atom stereocenters. The molecule has 8 heteroatoms. The third-order valence-corrected chi connectivity index (χ3v) is 8.57. The molecule has 0 bridgehead atoms. The Bertz CT molecular complexity index is 1170. The molecule has 3 heterocycles. The number of hydrogen-bond acceptors (Lipinski definition) is 5. The van der Waals surface area contributed by atoms with Crippen molar-refractivity contribution in [2.24, 2.45) is 17.1 Å². The standard InChI is InChI=1S/C28H32ClN3O4/c1-28(2)10-8-16(9-11-28)22(27(35)32-14-20(29)25-24(32)21(33)15-36-25)23-18(17-5-4-12-31-13-17)6-3-7-19(23)26(30)34/h3-7,12-13,16,20,22,24-25H,8-11,14-15H2,1-2H3,(H2,30,34)/t20-,22-,24+,25+/m0/s1. The molecule has 0 spiro atoms. The molecule has 7 nitrogen and oxygen atoms in total. The third kappa shape index (κ3) is 4.43. The highest BCUT2D eigenvalue weighted by Crippen LogP contribution is 2.48. The summed E-state index contributed by atoms with van der Waals surface area (Å²) in [7, 11) is 0. The van der Waals surface area contributed by atoms with Gasteiger partial charge in [-0.3, -0.25) is 19.4 Å². The van der Waals surface area contributed by atoms with Crippen LogP contribution in [-0.4, -0.2) is 58.2 Å². The van der Waals surface area contributed by atoms with Crippen LogP contribution in [0.5, 0.6) is 0 Å². The first-order valence-corrected chi connectivity index (χ1v) is 13.0. The lowest BCUT2D eigenvalue weighted by Crippen LogP contribution is -2.46. The molecule has 3 aliphatic rings. The Labute approximate surface area is 216 Å². The fourth-order valence-corrected chi connectivity index (χ4v) is 6.57. The number of pyridine rings is 1. The Balaban J connectivity index is 1.65. The summed E-state index contributed by atoms with van der Waals surface area (Å²) in [6.07, 6.45) is 6.51. The van der Waals surface area contributed by atoms with E-state index in [4.69, 9.17) is 22.1 Å². The Hall–Kier alpha value is -2.77. The summed E-state index contributed by atoms with van der Waals surface area (Å²) in [5.74, 6) is -1.55. The average molecular weight is 510 g/mol. The summed E-state index contributed by atoms with van der Waals surface area (Å²) < 4.78 is 5.64. The first-order valence-electron chi connectivity index (χ1n) is 12.6. The monoisotopic (exact) mass is 509 g/mol. The number of alkyl halides is 1. The lowest BCUT2D eigenvalue weighted by atomic mass is 9.66. The highest BCUT2D eigenvalue weighted by molar-refractivity contribution is 6.22. The number of nitrogens with two attached hydrogens (primary N) is 1. The molecule has 1 saturated carbocycles. The maximum atomic E-state index is 14.5. The van der Waals surface area contributed by atoms with Crippen LogP contribution in [0.4, 0.5) is 0 Å². The van der Waals surface area contributed by atoms with E-state index < -0.39 is 29.3 Å². The normalized spacial score (nSPS) is 26.6. The van der Waals surface area contributed by atoms with E-state index in [9.17, 15) is 14.4 Å². The molecule has 0 radical (unpaired) electrons. The largest absolute Gasteiger partial charge is 0.366 e. The zero-order valence-electron chi connectivity index (χ0n) is 20.7. The van der Waals surface area contributed by atoms with Gasteiger partial charge in [-0.15, -0.1) is 11.6 Å². The van der Waals surface area contributed by atoms with Gasteiger partial charge in [0.1, 0.15) is 18.8 Å². The van der Waals surface area contributed by atoms with Gasteiger partial charge in [-0.1, -0.05) is 32.0 Å². The first kappa shape index (κ1) is 24.9. The van der Waals surface area contributed by atoms with Crippen LogP contribution in [0.3, 0.4) is 0 Å². The van der Waals surface area contributed by atoms with Gasteiger partial charge in [0, 0.05) is 30.1 Å². The second-order valence-electron chi connectivity index (χ2n) is 11.0. The molecule has 36 heavy (non-hydrogen) atoms. The highest BCUT2D eigenvalue weighted by Gasteiger charge is 2.54. The molecule has 2 amide bonds. The van der Waals surface area contributed by atoms with Crippen molar-refractivity contribution in [3.05, 3.63) is 53.9 Å². The number of halogens is 1. The number of likely N-dealkylation sites (tertiary alicyclic amines) is 1. The Morgan fingerprint density at radius 2 is 1.94 bits per heavy atom. The van der Waals surface area contributed by atoms with E-state index in [2.05, 4.69) is 18.8 Å². The molecule has 2 saturated heterocycles. The van der Waals surface area contributed by atoms with Crippen molar-refractivity contribution in [3.63, 3.8) is 0 Å². The minimum absolute atomic E-state index is 0.00769. The summed E-state index contributed by atoms with van der Waals surface area (Å²) in [4.78, 5) is 45.8. The van der Waals surface area contributed by atoms with Crippen LogP contribution < -0.4 is 5.73 Å². The number of carbonyl (C=O) groups is 3. The van der Waals surface area contributed by atoms with Gasteiger partial charge in [0.2, 0.25) is 11.8 Å². The van der Waals surface area contributed by atoms with Crippen LogP contribution in [0, 0.1) is 11.3 Å². The van der Waals surface area contributed by atoms with E-state index in [1.807, 2.05) is 18.2 Å². The van der Waals surface area contributed by atoms with Gasteiger partial charge >= 0.3 is 0 Å². The maximum Gasteiger partial charge on any atom is 0.249 e. The van der Waals surface area contributed by atoms with Crippen LogP contribution in [0.15, 0.2) is 42.7 Å². The molecule has 2 N–H and O–H groups in total. The summed E-state index contributed by atoms with van der Waals surface area (Å²) in [6.45, 7) is 4.69. The molecule has 4 atom stereocenters. The number of nitrogens with zero attached hydrogens (tertiary/aromatic N) is 2. The van der Waals surface area contributed by atoms with E-state index in [1.54, 1.807) is 29.4 Å². The van der Waals surface area contributed by atoms with Crippen molar-refractivity contribution in [2.45, 2.75) is 63.0 Å². The number of aromatic nitrogens is 1. The molecular formula is C28H32ClN3O4. The molecule has 1 aromatic heterocycles. The number of benzene rings is 1. The Kier molecular flexibility index (Phi) is 6.64. The number of ketones is 1. The molecule has 3 fully saturated rings.